The SMILES string of the molecule is CNC(C[N+](=O)[O-])NC(C)c1ccccc1. The molecule has 0 radical (unpaired) electrons. The molecule has 5 nitrogen and oxygen atoms in total. The van der Waals surface area contributed by atoms with Gasteiger partial charge in [-0.2, -0.15) is 0 Å². The highest BCUT2D eigenvalue weighted by atomic mass is 16.6. The molecule has 1 aromatic rings. The van der Waals surface area contributed by atoms with Crippen LogP contribution in [0.5, 0.6) is 0 Å². The van der Waals surface area contributed by atoms with Crippen LogP contribution in [0.1, 0.15) is 18.5 Å². The van der Waals surface area contributed by atoms with E-state index in [0.717, 1.165) is 5.56 Å². The first-order valence-corrected chi connectivity index (χ1v) is 5.23. The highest BCUT2D eigenvalue weighted by Gasteiger charge is 2.15. The minimum absolute atomic E-state index is 0.0820. The van der Waals surface area contributed by atoms with Gasteiger partial charge in [0.15, 0.2) is 0 Å². The summed E-state index contributed by atoms with van der Waals surface area (Å²) in [6.07, 6.45) is -0.315. The van der Waals surface area contributed by atoms with E-state index in [1.165, 1.54) is 0 Å². The fraction of sp³-hybridized carbons (Fsp3) is 0.455. The summed E-state index contributed by atoms with van der Waals surface area (Å²) in [5.74, 6) is 0. The highest BCUT2D eigenvalue weighted by Crippen LogP contribution is 2.11. The van der Waals surface area contributed by atoms with Gasteiger partial charge >= 0.3 is 0 Å². The first-order valence-electron chi connectivity index (χ1n) is 5.23. The van der Waals surface area contributed by atoms with Crippen molar-refractivity contribution in [3.05, 3.63) is 46.0 Å². The third kappa shape index (κ3) is 3.96. The van der Waals surface area contributed by atoms with Crippen LogP contribution in [0, 0.1) is 10.1 Å². The van der Waals surface area contributed by atoms with Gasteiger partial charge in [-0.1, -0.05) is 30.3 Å². The molecule has 0 aliphatic carbocycles. The quantitative estimate of drug-likeness (QED) is 0.431. The Hall–Kier alpha value is -1.46. The predicted octanol–water partition coefficient (Wildman–Crippen LogP) is 1.16. The van der Waals surface area contributed by atoms with Crippen LogP contribution in [0.3, 0.4) is 0 Å². The standard InChI is InChI=1S/C11H17N3O2/c1-9(10-6-4-3-5-7-10)13-11(12-2)8-14(15)16/h3-7,9,11-13H,8H2,1-2H3. The number of hydrogen-bond acceptors (Lipinski definition) is 4. The summed E-state index contributed by atoms with van der Waals surface area (Å²) in [6, 6.07) is 9.93. The van der Waals surface area contributed by atoms with Crippen molar-refractivity contribution in [2.45, 2.75) is 19.1 Å². The molecule has 2 unspecified atom stereocenters. The normalized spacial score (nSPS) is 14.4. The van der Waals surface area contributed by atoms with Crippen LogP contribution < -0.4 is 10.6 Å². The van der Waals surface area contributed by atoms with Crippen LogP contribution in [0.2, 0.25) is 0 Å². The molecule has 2 atom stereocenters. The lowest BCUT2D eigenvalue weighted by molar-refractivity contribution is -0.484. The van der Waals surface area contributed by atoms with Crippen molar-refractivity contribution < 1.29 is 4.92 Å². The van der Waals surface area contributed by atoms with E-state index >= 15 is 0 Å². The van der Waals surface area contributed by atoms with E-state index in [1.54, 1.807) is 7.05 Å². The van der Waals surface area contributed by atoms with Crippen molar-refractivity contribution in [3.63, 3.8) is 0 Å². The molecule has 0 saturated heterocycles. The summed E-state index contributed by atoms with van der Waals surface area (Å²) in [7, 11) is 1.71. The zero-order valence-corrected chi connectivity index (χ0v) is 9.51. The number of nitrogens with one attached hydrogen (secondary N) is 2. The van der Waals surface area contributed by atoms with Crippen LogP contribution in [0.4, 0.5) is 0 Å². The molecule has 0 heterocycles. The molecule has 0 bridgehead atoms. The predicted molar refractivity (Wildman–Crippen MR) is 62.7 cm³/mol. The van der Waals surface area contributed by atoms with Gasteiger partial charge in [0.2, 0.25) is 6.54 Å². The van der Waals surface area contributed by atoms with E-state index in [-0.39, 0.29) is 23.7 Å². The van der Waals surface area contributed by atoms with Crippen LogP contribution in [-0.4, -0.2) is 24.7 Å². The Bertz CT molecular complexity index is 329. The Morgan fingerprint density at radius 2 is 2.00 bits per heavy atom. The number of nitro groups is 1. The number of likely N-dealkylation sites (N-methyl/N-ethyl adjacent to an activating group) is 1. The van der Waals surface area contributed by atoms with Gasteiger partial charge < -0.3 is 0 Å². The lowest BCUT2D eigenvalue weighted by Crippen LogP contribution is -2.46. The maximum absolute atomic E-state index is 10.4. The topological polar surface area (TPSA) is 67.2 Å². The molecule has 5 heteroatoms. The van der Waals surface area contributed by atoms with E-state index < -0.39 is 0 Å². The van der Waals surface area contributed by atoms with Gasteiger partial charge in [0.25, 0.3) is 0 Å². The van der Waals surface area contributed by atoms with E-state index in [0.29, 0.717) is 0 Å². The maximum atomic E-state index is 10.4. The van der Waals surface area contributed by atoms with Gasteiger partial charge in [-0.05, 0) is 19.5 Å². The Balaban J connectivity index is 2.55. The third-order valence-electron chi connectivity index (χ3n) is 2.43. The van der Waals surface area contributed by atoms with Crippen LogP contribution in [-0.2, 0) is 0 Å². The molecular formula is C11H17N3O2. The molecule has 2 N–H and O–H groups in total. The van der Waals surface area contributed by atoms with Gasteiger partial charge in [0.05, 0.1) is 0 Å². The van der Waals surface area contributed by atoms with E-state index in [4.69, 9.17) is 0 Å². The first kappa shape index (κ1) is 12.6. The summed E-state index contributed by atoms with van der Waals surface area (Å²) < 4.78 is 0. The number of benzene rings is 1. The van der Waals surface area contributed by atoms with E-state index in [1.807, 2.05) is 37.3 Å². The molecule has 16 heavy (non-hydrogen) atoms. The smallest absolute Gasteiger partial charge is 0.231 e. The van der Waals surface area contributed by atoms with Crippen molar-refractivity contribution in [1.82, 2.24) is 10.6 Å². The monoisotopic (exact) mass is 223 g/mol. The van der Waals surface area contributed by atoms with Gasteiger partial charge in [-0.3, -0.25) is 20.7 Å². The van der Waals surface area contributed by atoms with Crippen molar-refractivity contribution in [2.24, 2.45) is 0 Å². The number of nitrogens with zero attached hydrogens (tertiary/aromatic N) is 1. The molecule has 88 valence electrons. The zero-order valence-electron chi connectivity index (χ0n) is 9.51. The Labute approximate surface area is 95.0 Å². The molecule has 0 saturated carbocycles. The summed E-state index contributed by atoms with van der Waals surface area (Å²) in [6.45, 7) is 1.85. The molecule has 0 fully saturated rings. The average Bonchev–Trinajstić information content (AvgIpc) is 2.28. The summed E-state index contributed by atoms with van der Waals surface area (Å²) >= 11 is 0. The zero-order chi connectivity index (χ0) is 12.0. The molecule has 0 amide bonds. The maximum Gasteiger partial charge on any atom is 0.231 e. The highest BCUT2D eigenvalue weighted by molar-refractivity contribution is 5.18. The fourth-order valence-electron chi connectivity index (χ4n) is 1.52. The fourth-order valence-corrected chi connectivity index (χ4v) is 1.52. The average molecular weight is 223 g/mol. The van der Waals surface area contributed by atoms with Gasteiger partial charge in [-0.15, -0.1) is 0 Å². The minimum Gasteiger partial charge on any atom is -0.299 e. The molecule has 0 spiro atoms. The summed E-state index contributed by atoms with van der Waals surface area (Å²) in [5.41, 5.74) is 1.12. The van der Waals surface area contributed by atoms with Gasteiger partial charge in [0, 0.05) is 11.0 Å². The van der Waals surface area contributed by atoms with E-state index in [9.17, 15) is 10.1 Å². The van der Waals surface area contributed by atoms with Crippen molar-refractivity contribution in [2.75, 3.05) is 13.6 Å². The summed E-state index contributed by atoms with van der Waals surface area (Å²) in [4.78, 5) is 10.1. The van der Waals surface area contributed by atoms with Crippen LogP contribution in [0.25, 0.3) is 0 Å². The van der Waals surface area contributed by atoms with Crippen LogP contribution >= 0.6 is 0 Å². The molecule has 0 aliphatic heterocycles. The Kier molecular flexibility index (Phi) is 4.88. The van der Waals surface area contributed by atoms with E-state index in [2.05, 4.69) is 10.6 Å². The van der Waals surface area contributed by atoms with Crippen molar-refractivity contribution in [1.29, 1.82) is 0 Å². The third-order valence-corrected chi connectivity index (χ3v) is 2.43. The lowest BCUT2D eigenvalue weighted by Gasteiger charge is -2.20. The number of rotatable bonds is 6. The Morgan fingerprint density at radius 3 is 2.50 bits per heavy atom. The first-order chi connectivity index (χ1) is 7.63. The van der Waals surface area contributed by atoms with Gasteiger partial charge in [-0.25, -0.2) is 0 Å². The second-order valence-electron chi connectivity index (χ2n) is 3.66. The molecule has 0 aromatic heterocycles. The molecule has 1 rings (SSSR count). The molecule has 0 aliphatic rings. The van der Waals surface area contributed by atoms with Crippen molar-refractivity contribution in [3.8, 4) is 0 Å². The largest absolute Gasteiger partial charge is 0.299 e. The second kappa shape index (κ2) is 6.19. The van der Waals surface area contributed by atoms with Gasteiger partial charge in [0.1, 0.15) is 6.17 Å². The number of hydrogen-bond donors (Lipinski definition) is 2. The lowest BCUT2D eigenvalue weighted by atomic mass is 10.1. The summed E-state index contributed by atoms with van der Waals surface area (Å²) in [5, 5.41) is 16.5. The van der Waals surface area contributed by atoms with Crippen LogP contribution in [0.15, 0.2) is 30.3 Å². The second-order valence-corrected chi connectivity index (χ2v) is 3.66. The Morgan fingerprint density at radius 1 is 1.38 bits per heavy atom. The molecular weight excluding hydrogens is 206 g/mol. The molecule has 1 aromatic carbocycles. The minimum atomic E-state index is -0.328. The van der Waals surface area contributed by atoms with Crippen molar-refractivity contribution >= 4 is 0 Å².